The highest BCUT2D eigenvalue weighted by Gasteiger charge is 2.23. The summed E-state index contributed by atoms with van der Waals surface area (Å²) in [6.45, 7) is 5.76. The van der Waals surface area contributed by atoms with Crippen LogP contribution in [0, 0.1) is 5.41 Å². The van der Waals surface area contributed by atoms with E-state index in [2.05, 4.69) is 9.69 Å². The highest BCUT2D eigenvalue weighted by Crippen LogP contribution is 2.28. The summed E-state index contributed by atoms with van der Waals surface area (Å²) in [6, 6.07) is -1.14. The van der Waals surface area contributed by atoms with E-state index in [-0.39, 0.29) is 20.5 Å². The van der Waals surface area contributed by atoms with Gasteiger partial charge in [0.05, 0.1) is 0 Å². The predicted octanol–water partition coefficient (Wildman–Crippen LogP) is 3.24. The Bertz CT molecular complexity index is 549. The van der Waals surface area contributed by atoms with Crippen molar-refractivity contribution >= 4 is 46.6 Å². The third kappa shape index (κ3) is 4.77. The molecule has 0 bridgehead atoms. The van der Waals surface area contributed by atoms with Crippen molar-refractivity contribution in [2.24, 2.45) is 5.41 Å². The highest BCUT2D eigenvalue weighted by atomic mass is 35.5. The molecule has 1 amide bonds. The van der Waals surface area contributed by atoms with E-state index >= 15 is 0 Å². The molecule has 0 spiro atoms. The normalized spacial score (nSPS) is 13.4. The third-order valence-electron chi connectivity index (χ3n) is 2.15. The van der Waals surface area contributed by atoms with Gasteiger partial charge in [-0.25, -0.2) is 4.79 Å². The van der Waals surface area contributed by atoms with Gasteiger partial charge in [0.2, 0.25) is 0 Å². The van der Waals surface area contributed by atoms with Gasteiger partial charge in [-0.3, -0.25) is 4.79 Å². The number of aliphatic carboxylic acids is 1. The van der Waals surface area contributed by atoms with Gasteiger partial charge in [-0.15, -0.1) is 0 Å². The third-order valence-corrected chi connectivity index (χ3v) is 3.94. The van der Waals surface area contributed by atoms with Gasteiger partial charge in [0.1, 0.15) is 15.9 Å². The van der Waals surface area contributed by atoms with Crippen LogP contribution < -0.4 is 5.32 Å². The summed E-state index contributed by atoms with van der Waals surface area (Å²) < 4.78 is 3.72. The lowest BCUT2D eigenvalue weighted by Gasteiger charge is -2.14. The Balaban J connectivity index is 2.87. The zero-order valence-corrected chi connectivity index (χ0v) is 13.4. The van der Waals surface area contributed by atoms with Gasteiger partial charge in [-0.1, -0.05) is 56.1 Å². The smallest absolute Gasteiger partial charge is 0.330 e. The van der Waals surface area contributed by atoms with E-state index in [9.17, 15) is 9.59 Å². The molecule has 1 aromatic heterocycles. The van der Waals surface area contributed by atoms with Crippen molar-refractivity contribution < 1.29 is 14.7 Å². The average molecular weight is 337 g/mol. The molecule has 1 rings (SSSR count). The molecule has 110 valence electrons. The maximum absolute atomic E-state index is 11.9. The topological polar surface area (TPSA) is 79.3 Å². The number of amides is 1. The van der Waals surface area contributed by atoms with Crippen molar-refractivity contribution in [3.8, 4) is 0 Å². The fraction of sp³-hybridized carbons (Fsp3) is 0.417. The van der Waals surface area contributed by atoms with Crippen LogP contribution in [-0.4, -0.2) is 27.4 Å². The van der Waals surface area contributed by atoms with Crippen molar-refractivity contribution in [3.05, 3.63) is 27.2 Å². The Labute approximate surface area is 130 Å². The monoisotopic (exact) mass is 336 g/mol. The molecule has 0 aliphatic rings. The molecule has 0 fully saturated rings. The summed E-state index contributed by atoms with van der Waals surface area (Å²) in [6.07, 6.45) is 3.14. The minimum absolute atomic E-state index is 0.0260. The van der Waals surface area contributed by atoms with Crippen LogP contribution in [0.15, 0.2) is 12.2 Å². The number of carboxylic acid groups (broad SMARTS) is 1. The fourth-order valence-electron chi connectivity index (χ4n) is 1.18. The summed E-state index contributed by atoms with van der Waals surface area (Å²) >= 11 is 12.3. The second-order valence-corrected chi connectivity index (χ2v) is 6.64. The lowest BCUT2D eigenvalue weighted by Crippen LogP contribution is -2.39. The molecule has 2 N–H and O–H groups in total. The molecule has 0 aromatic carbocycles. The van der Waals surface area contributed by atoms with E-state index in [0.717, 1.165) is 11.5 Å². The van der Waals surface area contributed by atoms with Gasteiger partial charge >= 0.3 is 5.97 Å². The van der Waals surface area contributed by atoms with Crippen LogP contribution >= 0.6 is 34.7 Å². The molecule has 20 heavy (non-hydrogen) atoms. The fourth-order valence-corrected chi connectivity index (χ4v) is 2.30. The Morgan fingerprint density at radius 3 is 2.40 bits per heavy atom. The maximum atomic E-state index is 11.9. The minimum atomic E-state index is -1.16. The molecule has 1 aromatic rings. The zero-order chi connectivity index (χ0) is 15.5. The van der Waals surface area contributed by atoms with Crippen LogP contribution in [-0.2, 0) is 4.79 Å². The molecule has 8 heteroatoms. The van der Waals surface area contributed by atoms with Crippen LogP contribution in [0.5, 0.6) is 0 Å². The Morgan fingerprint density at radius 1 is 1.40 bits per heavy atom. The van der Waals surface area contributed by atoms with E-state index in [1.54, 1.807) is 6.08 Å². The number of carboxylic acids is 1. The predicted molar refractivity (Wildman–Crippen MR) is 79.6 cm³/mol. The molecule has 1 heterocycles. The molecular weight excluding hydrogens is 323 g/mol. The number of rotatable bonds is 4. The first-order chi connectivity index (χ1) is 9.11. The van der Waals surface area contributed by atoms with Crippen LogP contribution in [0.4, 0.5) is 0 Å². The molecule has 0 saturated carbocycles. The first kappa shape index (κ1) is 16.9. The summed E-state index contributed by atoms with van der Waals surface area (Å²) in [5.41, 5.74) is -0.191. The van der Waals surface area contributed by atoms with Crippen molar-refractivity contribution in [2.45, 2.75) is 26.8 Å². The molecule has 0 aliphatic heterocycles. The average Bonchev–Trinajstić information content (AvgIpc) is 2.63. The van der Waals surface area contributed by atoms with Gasteiger partial charge in [0.15, 0.2) is 5.15 Å². The quantitative estimate of drug-likeness (QED) is 0.827. The minimum Gasteiger partial charge on any atom is -0.479 e. The maximum Gasteiger partial charge on any atom is 0.330 e. The van der Waals surface area contributed by atoms with Crippen LogP contribution in [0.2, 0.25) is 10.2 Å². The van der Waals surface area contributed by atoms with Crippen molar-refractivity contribution in [2.75, 3.05) is 0 Å². The van der Waals surface area contributed by atoms with E-state index in [4.69, 9.17) is 28.3 Å². The summed E-state index contributed by atoms with van der Waals surface area (Å²) in [4.78, 5) is 23.2. The highest BCUT2D eigenvalue weighted by molar-refractivity contribution is 7.09. The van der Waals surface area contributed by atoms with Gasteiger partial charge in [0, 0.05) is 0 Å². The van der Waals surface area contributed by atoms with Gasteiger partial charge in [-0.2, -0.15) is 4.37 Å². The Morgan fingerprint density at radius 2 is 2.00 bits per heavy atom. The van der Waals surface area contributed by atoms with E-state index in [1.807, 2.05) is 20.8 Å². The number of nitrogens with one attached hydrogen (secondary N) is 1. The number of nitrogens with zero attached hydrogens (tertiary/aromatic N) is 1. The van der Waals surface area contributed by atoms with E-state index in [0.29, 0.717) is 0 Å². The second-order valence-electron chi connectivity index (χ2n) is 5.13. The standard InChI is InChI=1S/C12H14Cl2N2O3S/c1-12(2,3)5-4-6(11(18)19)15-10(17)8-7(13)9(14)16-20-8/h4-6H,1-3H3,(H,15,17)(H,18,19)/b5-4+. The first-order valence-electron chi connectivity index (χ1n) is 5.65. The van der Waals surface area contributed by atoms with Crippen LogP contribution in [0.1, 0.15) is 30.4 Å². The lowest BCUT2D eigenvalue weighted by atomic mass is 9.95. The lowest BCUT2D eigenvalue weighted by molar-refractivity contribution is -0.137. The molecular formula is C12H14Cl2N2O3S. The SMILES string of the molecule is CC(C)(C)/C=C/C(NC(=O)c1snc(Cl)c1Cl)C(=O)O. The second kappa shape index (κ2) is 6.56. The van der Waals surface area contributed by atoms with Crippen molar-refractivity contribution in [1.29, 1.82) is 0 Å². The molecule has 0 saturated heterocycles. The number of hydrogen-bond donors (Lipinski definition) is 2. The molecule has 1 unspecified atom stereocenters. The summed E-state index contributed by atoms with van der Waals surface area (Å²) in [7, 11) is 0. The van der Waals surface area contributed by atoms with E-state index < -0.39 is 17.9 Å². The number of carbonyl (C=O) groups is 2. The summed E-state index contributed by atoms with van der Waals surface area (Å²) in [5.74, 6) is -1.78. The number of carbonyl (C=O) groups excluding carboxylic acids is 1. The van der Waals surface area contributed by atoms with Crippen LogP contribution in [0.3, 0.4) is 0 Å². The summed E-state index contributed by atoms with van der Waals surface area (Å²) in [5, 5.41) is 11.5. The van der Waals surface area contributed by atoms with E-state index in [1.165, 1.54) is 6.08 Å². The Hall–Kier alpha value is -1.11. The van der Waals surface area contributed by atoms with Crippen LogP contribution in [0.25, 0.3) is 0 Å². The number of hydrogen-bond acceptors (Lipinski definition) is 4. The number of aromatic nitrogens is 1. The Kier molecular flexibility index (Phi) is 5.56. The number of halogens is 2. The number of allylic oxidation sites excluding steroid dienone is 1. The zero-order valence-electron chi connectivity index (χ0n) is 11.1. The first-order valence-corrected chi connectivity index (χ1v) is 7.18. The van der Waals surface area contributed by atoms with Gasteiger partial charge < -0.3 is 10.4 Å². The largest absolute Gasteiger partial charge is 0.479 e. The van der Waals surface area contributed by atoms with Crippen molar-refractivity contribution in [1.82, 2.24) is 9.69 Å². The molecule has 0 radical (unpaired) electrons. The molecule has 1 atom stereocenters. The van der Waals surface area contributed by atoms with Gasteiger partial charge in [0.25, 0.3) is 5.91 Å². The molecule has 5 nitrogen and oxygen atoms in total. The van der Waals surface area contributed by atoms with Crippen molar-refractivity contribution in [3.63, 3.8) is 0 Å². The van der Waals surface area contributed by atoms with Gasteiger partial charge in [-0.05, 0) is 16.9 Å². The molecule has 0 aliphatic carbocycles.